The average Bonchev–Trinajstić information content (AvgIpc) is 2.24. The quantitative estimate of drug-likeness (QED) is 0.828. The maximum absolute atomic E-state index is 11.8. The first-order valence-corrected chi connectivity index (χ1v) is 6.32. The number of benzene rings is 1. The van der Waals surface area contributed by atoms with Crippen molar-refractivity contribution in [2.45, 2.75) is 40.2 Å². The lowest BCUT2D eigenvalue weighted by Crippen LogP contribution is -2.29. The Bertz CT molecular complexity index is 466. The number of aryl methyl sites for hydroxylation is 1. The van der Waals surface area contributed by atoms with Gasteiger partial charge in [-0.05, 0) is 17.9 Å². The molecule has 1 aromatic carbocycles. The topological polar surface area (TPSA) is 66.4 Å². The first kappa shape index (κ1) is 15.2. The number of carboxylic acid groups (broad SMARTS) is 1. The Balaban J connectivity index is 2.46. The molecular formula is C15H21NO3. The third-order valence-corrected chi connectivity index (χ3v) is 2.84. The van der Waals surface area contributed by atoms with Gasteiger partial charge < -0.3 is 10.4 Å². The molecule has 0 fully saturated rings. The molecule has 0 aliphatic heterocycles. The van der Waals surface area contributed by atoms with Crippen LogP contribution in [0.5, 0.6) is 0 Å². The Labute approximate surface area is 113 Å². The number of nitrogens with one attached hydrogen (secondary N) is 1. The Morgan fingerprint density at radius 2 is 1.95 bits per heavy atom. The van der Waals surface area contributed by atoms with Gasteiger partial charge in [-0.3, -0.25) is 9.59 Å². The van der Waals surface area contributed by atoms with Crippen molar-refractivity contribution in [3.63, 3.8) is 0 Å². The van der Waals surface area contributed by atoms with Gasteiger partial charge in [0.1, 0.15) is 0 Å². The molecule has 0 unspecified atom stereocenters. The standard InChI is InChI=1S/C15H21NO3/c1-11-5-4-6-12(7-11)10-16-13(17)8-15(2,3)9-14(18)19/h4-7H,8-10H2,1-3H3,(H,16,17)(H,18,19). The molecule has 0 aromatic heterocycles. The molecule has 0 radical (unpaired) electrons. The van der Waals surface area contributed by atoms with Crippen molar-refractivity contribution in [3.05, 3.63) is 35.4 Å². The third-order valence-electron chi connectivity index (χ3n) is 2.84. The highest BCUT2D eigenvalue weighted by molar-refractivity contribution is 5.77. The van der Waals surface area contributed by atoms with Gasteiger partial charge in [-0.15, -0.1) is 0 Å². The molecule has 2 N–H and O–H groups in total. The summed E-state index contributed by atoms with van der Waals surface area (Å²) in [7, 11) is 0. The van der Waals surface area contributed by atoms with E-state index in [2.05, 4.69) is 5.32 Å². The van der Waals surface area contributed by atoms with Crippen LogP contribution >= 0.6 is 0 Å². The number of carbonyl (C=O) groups excluding carboxylic acids is 1. The second-order valence-electron chi connectivity index (χ2n) is 5.68. The number of hydrogen-bond donors (Lipinski definition) is 2. The molecule has 1 rings (SSSR count). The van der Waals surface area contributed by atoms with Gasteiger partial charge in [0.15, 0.2) is 0 Å². The van der Waals surface area contributed by atoms with Crippen LogP contribution in [0, 0.1) is 12.3 Å². The Kier molecular flexibility index (Phi) is 5.10. The third kappa shape index (κ3) is 6.04. The van der Waals surface area contributed by atoms with Gasteiger partial charge in [0.25, 0.3) is 0 Å². The number of carbonyl (C=O) groups is 2. The first-order valence-electron chi connectivity index (χ1n) is 6.32. The predicted octanol–water partition coefficient (Wildman–Crippen LogP) is 2.50. The molecule has 4 heteroatoms. The molecule has 0 bridgehead atoms. The number of amides is 1. The second-order valence-corrected chi connectivity index (χ2v) is 5.68. The summed E-state index contributed by atoms with van der Waals surface area (Å²) in [5.41, 5.74) is 1.67. The zero-order chi connectivity index (χ0) is 14.5. The van der Waals surface area contributed by atoms with E-state index in [0.717, 1.165) is 11.1 Å². The van der Waals surface area contributed by atoms with Crippen LogP contribution in [-0.2, 0) is 16.1 Å². The molecule has 104 valence electrons. The van der Waals surface area contributed by atoms with Crippen molar-refractivity contribution in [2.24, 2.45) is 5.41 Å². The summed E-state index contributed by atoms with van der Waals surface area (Å²) in [5, 5.41) is 11.6. The van der Waals surface area contributed by atoms with Crippen LogP contribution in [-0.4, -0.2) is 17.0 Å². The molecule has 0 aliphatic rings. The number of aliphatic carboxylic acids is 1. The van der Waals surface area contributed by atoms with E-state index in [1.54, 1.807) is 13.8 Å². The van der Waals surface area contributed by atoms with E-state index in [1.165, 1.54) is 0 Å². The highest BCUT2D eigenvalue weighted by Crippen LogP contribution is 2.24. The summed E-state index contributed by atoms with van der Waals surface area (Å²) in [6.07, 6.45) is 0.204. The smallest absolute Gasteiger partial charge is 0.303 e. The Morgan fingerprint density at radius 3 is 2.53 bits per heavy atom. The normalized spacial score (nSPS) is 11.1. The van der Waals surface area contributed by atoms with Crippen LogP contribution in [0.15, 0.2) is 24.3 Å². The summed E-state index contributed by atoms with van der Waals surface area (Å²) in [5.74, 6) is -0.996. The maximum atomic E-state index is 11.8. The molecule has 4 nitrogen and oxygen atoms in total. The molecule has 0 saturated carbocycles. The van der Waals surface area contributed by atoms with Crippen LogP contribution < -0.4 is 5.32 Å². The van der Waals surface area contributed by atoms with Crippen molar-refractivity contribution < 1.29 is 14.7 Å². The second kappa shape index (κ2) is 6.36. The molecule has 0 heterocycles. The Morgan fingerprint density at radius 1 is 1.26 bits per heavy atom. The fourth-order valence-corrected chi connectivity index (χ4v) is 1.99. The molecule has 0 atom stereocenters. The van der Waals surface area contributed by atoms with Gasteiger partial charge in [-0.25, -0.2) is 0 Å². The molecule has 0 aliphatic carbocycles. The van der Waals surface area contributed by atoms with E-state index >= 15 is 0 Å². The van der Waals surface area contributed by atoms with E-state index in [0.29, 0.717) is 6.54 Å². The van der Waals surface area contributed by atoms with Crippen LogP contribution in [0.25, 0.3) is 0 Å². The molecule has 1 amide bonds. The first-order chi connectivity index (χ1) is 8.78. The summed E-state index contributed by atoms with van der Waals surface area (Å²) >= 11 is 0. The zero-order valence-electron chi connectivity index (χ0n) is 11.7. The van der Waals surface area contributed by atoms with E-state index in [9.17, 15) is 9.59 Å². The summed E-state index contributed by atoms with van der Waals surface area (Å²) < 4.78 is 0. The lowest BCUT2D eigenvalue weighted by atomic mass is 9.85. The van der Waals surface area contributed by atoms with Crippen LogP contribution in [0.3, 0.4) is 0 Å². The maximum Gasteiger partial charge on any atom is 0.303 e. The molecule has 19 heavy (non-hydrogen) atoms. The summed E-state index contributed by atoms with van der Waals surface area (Å²) in [6, 6.07) is 7.92. The highest BCUT2D eigenvalue weighted by Gasteiger charge is 2.24. The average molecular weight is 263 g/mol. The minimum Gasteiger partial charge on any atom is -0.481 e. The summed E-state index contributed by atoms with van der Waals surface area (Å²) in [6.45, 7) is 6.05. The largest absolute Gasteiger partial charge is 0.481 e. The molecular weight excluding hydrogens is 242 g/mol. The zero-order valence-corrected chi connectivity index (χ0v) is 11.7. The van der Waals surface area contributed by atoms with Crippen LogP contribution in [0.1, 0.15) is 37.8 Å². The lowest BCUT2D eigenvalue weighted by molar-refractivity contribution is -0.139. The van der Waals surface area contributed by atoms with Crippen LogP contribution in [0.2, 0.25) is 0 Å². The van der Waals surface area contributed by atoms with E-state index in [-0.39, 0.29) is 18.7 Å². The molecule has 0 saturated heterocycles. The van der Waals surface area contributed by atoms with Gasteiger partial charge in [-0.2, -0.15) is 0 Å². The number of rotatable bonds is 6. The van der Waals surface area contributed by atoms with Crippen molar-refractivity contribution in [1.82, 2.24) is 5.32 Å². The fraction of sp³-hybridized carbons (Fsp3) is 0.467. The van der Waals surface area contributed by atoms with Gasteiger partial charge >= 0.3 is 5.97 Å². The van der Waals surface area contributed by atoms with E-state index in [4.69, 9.17) is 5.11 Å². The highest BCUT2D eigenvalue weighted by atomic mass is 16.4. The van der Waals surface area contributed by atoms with Gasteiger partial charge in [0.2, 0.25) is 5.91 Å². The minimum absolute atomic E-state index is 0.00906. The lowest BCUT2D eigenvalue weighted by Gasteiger charge is -2.21. The predicted molar refractivity (Wildman–Crippen MR) is 73.7 cm³/mol. The van der Waals surface area contributed by atoms with Crippen molar-refractivity contribution >= 4 is 11.9 Å². The van der Waals surface area contributed by atoms with E-state index in [1.807, 2.05) is 31.2 Å². The van der Waals surface area contributed by atoms with Crippen molar-refractivity contribution in [3.8, 4) is 0 Å². The van der Waals surface area contributed by atoms with Crippen molar-refractivity contribution in [1.29, 1.82) is 0 Å². The number of carboxylic acids is 1. The monoisotopic (exact) mass is 263 g/mol. The van der Waals surface area contributed by atoms with E-state index < -0.39 is 11.4 Å². The minimum atomic E-state index is -0.878. The SMILES string of the molecule is Cc1cccc(CNC(=O)CC(C)(C)CC(=O)O)c1. The molecule has 0 spiro atoms. The number of hydrogen-bond acceptors (Lipinski definition) is 2. The fourth-order valence-electron chi connectivity index (χ4n) is 1.99. The molecule has 1 aromatic rings. The van der Waals surface area contributed by atoms with Gasteiger partial charge in [0, 0.05) is 13.0 Å². The summed E-state index contributed by atoms with van der Waals surface area (Å²) in [4.78, 5) is 22.5. The van der Waals surface area contributed by atoms with Gasteiger partial charge in [-0.1, -0.05) is 43.7 Å². The van der Waals surface area contributed by atoms with Crippen molar-refractivity contribution in [2.75, 3.05) is 0 Å². The van der Waals surface area contributed by atoms with Gasteiger partial charge in [0.05, 0.1) is 6.42 Å². The Hall–Kier alpha value is -1.84. The van der Waals surface area contributed by atoms with Crippen LogP contribution in [0.4, 0.5) is 0 Å².